The molecule has 0 aliphatic heterocycles. The van der Waals surface area contributed by atoms with Gasteiger partial charge in [-0.3, -0.25) is 9.59 Å². The standard InChI is InChI=1S/C19H18BrClN4O2/c1-10(2)17-14-8-12(20)5-6-13(14)19(27)25(24-17)9-16(26)23-18-11(3)4-7-15(21)22-18/h4-8,10H,9H2,1-3H3,(H,22,23,26). The highest BCUT2D eigenvalue weighted by Crippen LogP contribution is 2.24. The lowest BCUT2D eigenvalue weighted by Crippen LogP contribution is -2.31. The molecule has 0 unspecified atom stereocenters. The minimum Gasteiger partial charge on any atom is -0.309 e. The molecule has 3 aromatic rings. The Balaban J connectivity index is 1.98. The summed E-state index contributed by atoms with van der Waals surface area (Å²) in [7, 11) is 0. The predicted octanol–water partition coefficient (Wildman–Crippen LogP) is 4.28. The van der Waals surface area contributed by atoms with E-state index in [0.29, 0.717) is 11.2 Å². The van der Waals surface area contributed by atoms with Gasteiger partial charge in [0.15, 0.2) is 0 Å². The quantitative estimate of drug-likeness (QED) is 0.603. The van der Waals surface area contributed by atoms with Gasteiger partial charge in [-0.25, -0.2) is 9.67 Å². The number of fused-ring (bicyclic) bond motifs is 1. The second-order valence-electron chi connectivity index (χ2n) is 6.54. The van der Waals surface area contributed by atoms with Gasteiger partial charge in [0, 0.05) is 9.86 Å². The average Bonchev–Trinajstić information content (AvgIpc) is 2.60. The molecule has 1 aromatic carbocycles. The predicted molar refractivity (Wildman–Crippen MR) is 110 cm³/mol. The summed E-state index contributed by atoms with van der Waals surface area (Å²) in [6, 6.07) is 8.84. The van der Waals surface area contributed by atoms with Gasteiger partial charge in [0.1, 0.15) is 17.5 Å². The molecule has 0 saturated carbocycles. The van der Waals surface area contributed by atoms with Crippen molar-refractivity contribution in [1.82, 2.24) is 14.8 Å². The molecule has 2 heterocycles. The molecule has 0 atom stereocenters. The van der Waals surface area contributed by atoms with Crippen LogP contribution < -0.4 is 10.9 Å². The maximum Gasteiger partial charge on any atom is 0.275 e. The zero-order valence-corrected chi connectivity index (χ0v) is 17.4. The van der Waals surface area contributed by atoms with Gasteiger partial charge < -0.3 is 5.32 Å². The van der Waals surface area contributed by atoms with Gasteiger partial charge in [0.2, 0.25) is 5.91 Å². The molecule has 8 heteroatoms. The molecule has 0 aliphatic rings. The number of nitrogens with one attached hydrogen (secondary N) is 1. The van der Waals surface area contributed by atoms with Gasteiger partial charge in [-0.1, -0.05) is 47.4 Å². The normalized spacial score (nSPS) is 11.2. The number of amides is 1. The van der Waals surface area contributed by atoms with Crippen molar-refractivity contribution >= 4 is 50.0 Å². The zero-order chi connectivity index (χ0) is 19.7. The third kappa shape index (κ3) is 4.20. The summed E-state index contributed by atoms with van der Waals surface area (Å²) >= 11 is 9.32. The number of carbonyl (C=O) groups excluding carboxylic acids is 1. The van der Waals surface area contributed by atoms with E-state index in [1.54, 1.807) is 24.3 Å². The molecule has 0 spiro atoms. The molecule has 0 saturated heterocycles. The van der Waals surface area contributed by atoms with E-state index in [0.717, 1.165) is 21.1 Å². The SMILES string of the molecule is Cc1ccc(Cl)nc1NC(=O)Cn1nc(C(C)C)c2cc(Br)ccc2c1=O. The van der Waals surface area contributed by atoms with Gasteiger partial charge in [-0.05, 0) is 42.7 Å². The number of halogens is 2. The fraction of sp³-hybridized carbons (Fsp3) is 0.263. The molecule has 27 heavy (non-hydrogen) atoms. The van der Waals surface area contributed by atoms with Gasteiger partial charge in [0.05, 0.1) is 11.1 Å². The van der Waals surface area contributed by atoms with Gasteiger partial charge in [-0.15, -0.1) is 0 Å². The maximum atomic E-state index is 12.8. The molecular weight excluding hydrogens is 432 g/mol. The molecule has 0 fully saturated rings. The van der Waals surface area contributed by atoms with Gasteiger partial charge in [-0.2, -0.15) is 5.10 Å². The molecule has 1 N–H and O–H groups in total. The Labute approximate surface area is 169 Å². The van der Waals surface area contributed by atoms with Crippen LogP contribution in [0.1, 0.15) is 31.0 Å². The van der Waals surface area contributed by atoms with Crippen LogP contribution in [0.2, 0.25) is 5.15 Å². The Bertz CT molecular complexity index is 1090. The van der Waals surface area contributed by atoms with E-state index in [2.05, 4.69) is 31.3 Å². The molecule has 6 nitrogen and oxygen atoms in total. The van der Waals surface area contributed by atoms with E-state index in [4.69, 9.17) is 11.6 Å². The third-order valence-corrected chi connectivity index (χ3v) is 4.82. The lowest BCUT2D eigenvalue weighted by atomic mass is 10.0. The molecule has 0 radical (unpaired) electrons. The number of nitrogens with zero attached hydrogens (tertiary/aromatic N) is 3. The number of hydrogen-bond donors (Lipinski definition) is 1. The summed E-state index contributed by atoms with van der Waals surface area (Å²) in [5, 5.41) is 8.73. The minimum atomic E-state index is -0.395. The highest BCUT2D eigenvalue weighted by molar-refractivity contribution is 9.10. The van der Waals surface area contributed by atoms with Crippen LogP contribution in [-0.2, 0) is 11.3 Å². The summed E-state index contributed by atoms with van der Waals surface area (Å²) in [5.74, 6) is 0.0662. The van der Waals surface area contributed by atoms with Crippen molar-refractivity contribution in [3.63, 3.8) is 0 Å². The number of carbonyl (C=O) groups is 1. The first-order valence-electron chi connectivity index (χ1n) is 8.39. The lowest BCUT2D eigenvalue weighted by molar-refractivity contribution is -0.117. The first kappa shape index (κ1) is 19.5. The Morgan fingerprint density at radius 3 is 2.70 bits per heavy atom. The smallest absolute Gasteiger partial charge is 0.275 e. The fourth-order valence-electron chi connectivity index (χ4n) is 2.76. The van der Waals surface area contributed by atoms with Crippen LogP contribution >= 0.6 is 27.5 Å². The molecule has 3 rings (SSSR count). The van der Waals surface area contributed by atoms with E-state index in [1.165, 1.54) is 4.68 Å². The number of aromatic nitrogens is 3. The van der Waals surface area contributed by atoms with Crippen molar-refractivity contribution in [3.8, 4) is 0 Å². The monoisotopic (exact) mass is 448 g/mol. The van der Waals surface area contributed by atoms with E-state index in [9.17, 15) is 9.59 Å². The molecule has 2 aromatic heterocycles. The average molecular weight is 450 g/mol. The zero-order valence-electron chi connectivity index (χ0n) is 15.1. The molecular formula is C19H18BrClN4O2. The minimum absolute atomic E-state index is 0.0913. The topological polar surface area (TPSA) is 76.9 Å². The molecule has 0 bridgehead atoms. The van der Waals surface area contributed by atoms with Crippen LogP contribution in [0.3, 0.4) is 0 Å². The van der Waals surface area contributed by atoms with Crippen molar-refractivity contribution in [2.75, 3.05) is 5.32 Å². The summed E-state index contributed by atoms with van der Waals surface area (Å²) in [4.78, 5) is 29.4. The van der Waals surface area contributed by atoms with Crippen LogP contribution in [0.15, 0.2) is 39.6 Å². The van der Waals surface area contributed by atoms with E-state index < -0.39 is 5.91 Å². The number of hydrogen-bond acceptors (Lipinski definition) is 4. The number of aryl methyl sites for hydroxylation is 1. The first-order chi connectivity index (χ1) is 12.8. The van der Waals surface area contributed by atoms with Crippen LogP contribution in [0.4, 0.5) is 5.82 Å². The first-order valence-corrected chi connectivity index (χ1v) is 9.56. The second kappa shape index (κ2) is 7.78. The molecule has 140 valence electrons. The maximum absolute atomic E-state index is 12.8. The number of rotatable bonds is 4. The highest BCUT2D eigenvalue weighted by Gasteiger charge is 2.16. The lowest BCUT2D eigenvalue weighted by Gasteiger charge is -2.14. The number of anilines is 1. The summed E-state index contributed by atoms with van der Waals surface area (Å²) in [6.45, 7) is 5.60. The molecule has 1 amide bonds. The molecule has 0 aliphatic carbocycles. The second-order valence-corrected chi connectivity index (χ2v) is 7.84. The van der Waals surface area contributed by atoms with Crippen molar-refractivity contribution in [2.24, 2.45) is 0 Å². The third-order valence-electron chi connectivity index (χ3n) is 4.11. The number of pyridine rings is 1. The van der Waals surface area contributed by atoms with Crippen LogP contribution in [-0.4, -0.2) is 20.7 Å². The Morgan fingerprint density at radius 1 is 1.26 bits per heavy atom. The van der Waals surface area contributed by atoms with Crippen molar-refractivity contribution in [3.05, 3.63) is 61.6 Å². The Hall–Kier alpha value is -2.25. The van der Waals surface area contributed by atoms with Crippen molar-refractivity contribution in [1.29, 1.82) is 0 Å². The van der Waals surface area contributed by atoms with Crippen molar-refractivity contribution in [2.45, 2.75) is 33.2 Å². The van der Waals surface area contributed by atoms with Crippen LogP contribution in [0.5, 0.6) is 0 Å². The van der Waals surface area contributed by atoms with E-state index in [1.807, 2.05) is 26.8 Å². The number of benzene rings is 1. The summed E-state index contributed by atoms with van der Waals surface area (Å²) < 4.78 is 2.07. The summed E-state index contributed by atoms with van der Waals surface area (Å²) in [6.07, 6.45) is 0. The Morgan fingerprint density at radius 2 is 2.00 bits per heavy atom. The largest absolute Gasteiger partial charge is 0.309 e. The van der Waals surface area contributed by atoms with Gasteiger partial charge >= 0.3 is 0 Å². The Kier molecular flexibility index (Phi) is 5.62. The van der Waals surface area contributed by atoms with E-state index in [-0.39, 0.29) is 23.2 Å². The fourth-order valence-corrected chi connectivity index (χ4v) is 3.26. The van der Waals surface area contributed by atoms with Gasteiger partial charge in [0.25, 0.3) is 5.56 Å². The summed E-state index contributed by atoms with van der Waals surface area (Å²) in [5.41, 5.74) is 1.22. The van der Waals surface area contributed by atoms with E-state index >= 15 is 0 Å². The highest BCUT2D eigenvalue weighted by atomic mass is 79.9. The van der Waals surface area contributed by atoms with Crippen LogP contribution in [0, 0.1) is 6.92 Å². The van der Waals surface area contributed by atoms with Crippen LogP contribution in [0.25, 0.3) is 10.8 Å². The van der Waals surface area contributed by atoms with Crippen molar-refractivity contribution < 1.29 is 4.79 Å².